The zero-order valence-corrected chi connectivity index (χ0v) is 10.9. The first-order chi connectivity index (χ1) is 9.11. The highest BCUT2D eigenvalue weighted by molar-refractivity contribution is 6.31. The molecule has 100 valence electrons. The van der Waals surface area contributed by atoms with E-state index in [1.807, 2.05) is 0 Å². The molecule has 5 N–H and O–H groups in total. The number of rotatable bonds is 4. The molecule has 0 saturated carbocycles. The van der Waals surface area contributed by atoms with Crippen LogP contribution < -0.4 is 16.6 Å². The largest absolute Gasteiger partial charge is 0.342 e. The number of halogens is 1. The summed E-state index contributed by atoms with van der Waals surface area (Å²) in [7, 11) is 0. The van der Waals surface area contributed by atoms with Gasteiger partial charge in [-0.25, -0.2) is 4.98 Å². The molecule has 0 aliphatic heterocycles. The number of H-pyrrole nitrogens is 1. The molecule has 8 heteroatoms. The SMILES string of the molecule is CC(NC(=O)c1cc(Cl)ccc1NN)c1ncn[nH]1. The van der Waals surface area contributed by atoms with E-state index in [0.717, 1.165) is 0 Å². The maximum absolute atomic E-state index is 12.2. The first-order valence-corrected chi connectivity index (χ1v) is 5.92. The minimum absolute atomic E-state index is 0.306. The third-order valence-corrected chi connectivity index (χ3v) is 2.81. The van der Waals surface area contributed by atoms with E-state index in [1.165, 1.54) is 6.33 Å². The fourth-order valence-corrected chi connectivity index (χ4v) is 1.77. The van der Waals surface area contributed by atoms with Gasteiger partial charge in [0.15, 0.2) is 0 Å². The molecule has 2 aromatic rings. The van der Waals surface area contributed by atoms with Crippen LogP contribution in [0.25, 0.3) is 0 Å². The zero-order chi connectivity index (χ0) is 13.8. The summed E-state index contributed by atoms with van der Waals surface area (Å²) < 4.78 is 0. The molecule has 7 nitrogen and oxygen atoms in total. The fraction of sp³-hybridized carbons (Fsp3) is 0.182. The maximum Gasteiger partial charge on any atom is 0.254 e. The van der Waals surface area contributed by atoms with Crippen LogP contribution in [0.15, 0.2) is 24.5 Å². The molecular weight excluding hydrogens is 268 g/mol. The van der Waals surface area contributed by atoms with Gasteiger partial charge in [0.1, 0.15) is 12.2 Å². The second kappa shape index (κ2) is 5.68. The van der Waals surface area contributed by atoms with Crippen LogP contribution in [0.3, 0.4) is 0 Å². The van der Waals surface area contributed by atoms with Gasteiger partial charge in [0.25, 0.3) is 5.91 Å². The smallest absolute Gasteiger partial charge is 0.254 e. The van der Waals surface area contributed by atoms with Crippen LogP contribution in [-0.4, -0.2) is 21.1 Å². The number of nitrogens with two attached hydrogens (primary N) is 1. The van der Waals surface area contributed by atoms with E-state index in [1.54, 1.807) is 25.1 Å². The average Bonchev–Trinajstić information content (AvgIpc) is 2.92. The summed E-state index contributed by atoms with van der Waals surface area (Å²) in [5.41, 5.74) is 3.31. The van der Waals surface area contributed by atoms with E-state index in [9.17, 15) is 4.79 Å². The molecule has 0 aliphatic carbocycles. The van der Waals surface area contributed by atoms with Crippen molar-refractivity contribution in [2.75, 3.05) is 5.43 Å². The lowest BCUT2D eigenvalue weighted by atomic mass is 10.1. The molecular formula is C11H13ClN6O. The number of carbonyl (C=O) groups is 1. The average molecular weight is 281 g/mol. The van der Waals surface area contributed by atoms with E-state index in [2.05, 4.69) is 25.9 Å². The number of nitrogen functional groups attached to an aromatic ring is 1. The van der Waals surface area contributed by atoms with Gasteiger partial charge in [-0.2, -0.15) is 5.10 Å². The van der Waals surface area contributed by atoms with Crippen molar-refractivity contribution >= 4 is 23.2 Å². The monoisotopic (exact) mass is 280 g/mol. The lowest BCUT2D eigenvalue weighted by Gasteiger charge is -2.13. The second-order valence-corrected chi connectivity index (χ2v) is 4.34. The van der Waals surface area contributed by atoms with Crippen LogP contribution in [0.4, 0.5) is 5.69 Å². The van der Waals surface area contributed by atoms with E-state index in [0.29, 0.717) is 22.1 Å². The summed E-state index contributed by atoms with van der Waals surface area (Å²) in [4.78, 5) is 16.1. The van der Waals surface area contributed by atoms with Gasteiger partial charge < -0.3 is 10.7 Å². The van der Waals surface area contributed by atoms with Gasteiger partial charge in [-0.3, -0.25) is 15.7 Å². The summed E-state index contributed by atoms with van der Waals surface area (Å²) >= 11 is 5.88. The molecule has 1 heterocycles. The lowest BCUT2D eigenvalue weighted by Crippen LogP contribution is -2.28. The molecule has 0 bridgehead atoms. The summed E-state index contributed by atoms with van der Waals surface area (Å²) in [5.74, 6) is 5.62. The van der Waals surface area contributed by atoms with E-state index < -0.39 is 0 Å². The highest BCUT2D eigenvalue weighted by atomic mass is 35.5. The van der Waals surface area contributed by atoms with E-state index in [-0.39, 0.29) is 11.9 Å². The minimum atomic E-state index is -0.306. The predicted molar refractivity (Wildman–Crippen MR) is 71.5 cm³/mol. The molecule has 0 spiro atoms. The van der Waals surface area contributed by atoms with Crippen molar-refractivity contribution in [3.63, 3.8) is 0 Å². The zero-order valence-electron chi connectivity index (χ0n) is 10.1. The van der Waals surface area contributed by atoms with Crippen molar-refractivity contribution in [2.45, 2.75) is 13.0 Å². The summed E-state index contributed by atoms with van der Waals surface area (Å²) in [5, 5.41) is 9.65. The Labute approximate surface area is 114 Å². The van der Waals surface area contributed by atoms with E-state index >= 15 is 0 Å². The molecule has 19 heavy (non-hydrogen) atoms. The van der Waals surface area contributed by atoms with Crippen molar-refractivity contribution in [3.05, 3.63) is 40.9 Å². The van der Waals surface area contributed by atoms with Gasteiger partial charge in [-0.15, -0.1) is 0 Å². The topological polar surface area (TPSA) is 109 Å². The van der Waals surface area contributed by atoms with Crippen LogP contribution in [0.1, 0.15) is 29.1 Å². The molecule has 1 aromatic heterocycles. The normalized spacial score (nSPS) is 11.9. The number of hydrazine groups is 1. The number of aromatic amines is 1. The van der Waals surface area contributed by atoms with Crippen molar-refractivity contribution in [1.29, 1.82) is 0 Å². The number of hydrogen-bond acceptors (Lipinski definition) is 5. The molecule has 1 atom stereocenters. The number of amides is 1. The van der Waals surface area contributed by atoms with Crippen molar-refractivity contribution in [3.8, 4) is 0 Å². The van der Waals surface area contributed by atoms with Gasteiger partial charge in [0.2, 0.25) is 0 Å². The van der Waals surface area contributed by atoms with Crippen LogP contribution in [-0.2, 0) is 0 Å². The molecule has 0 fully saturated rings. The summed E-state index contributed by atoms with van der Waals surface area (Å²) in [6.45, 7) is 1.79. The number of nitrogens with one attached hydrogen (secondary N) is 3. The number of aromatic nitrogens is 3. The standard InChI is InChI=1S/C11H13ClN6O/c1-6(10-14-5-15-18-10)16-11(19)8-4-7(12)2-3-9(8)17-13/h2-6,17H,13H2,1H3,(H,16,19)(H,14,15,18). The minimum Gasteiger partial charge on any atom is -0.342 e. The van der Waals surface area contributed by atoms with Gasteiger partial charge in [-0.1, -0.05) is 11.6 Å². The van der Waals surface area contributed by atoms with Gasteiger partial charge in [0, 0.05) is 5.02 Å². The van der Waals surface area contributed by atoms with Crippen LogP contribution in [0.5, 0.6) is 0 Å². The fourth-order valence-electron chi connectivity index (χ4n) is 1.60. The Bertz CT molecular complexity index is 571. The Morgan fingerprint density at radius 1 is 1.53 bits per heavy atom. The molecule has 2 rings (SSSR count). The van der Waals surface area contributed by atoms with Crippen LogP contribution >= 0.6 is 11.6 Å². The van der Waals surface area contributed by atoms with Gasteiger partial charge in [-0.05, 0) is 25.1 Å². The quantitative estimate of drug-likeness (QED) is 0.498. The Balaban J connectivity index is 2.18. The second-order valence-electron chi connectivity index (χ2n) is 3.90. The molecule has 0 radical (unpaired) electrons. The maximum atomic E-state index is 12.2. The first-order valence-electron chi connectivity index (χ1n) is 5.54. The highest BCUT2D eigenvalue weighted by Crippen LogP contribution is 2.20. The summed E-state index contributed by atoms with van der Waals surface area (Å²) in [6.07, 6.45) is 1.38. The summed E-state index contributed by atoms with van der Waals surface area (Å²) in [6, 6.07) is 4.52. The Morgan fingerprint density at radius 2 is 2.32 bits per heavy atom. The molecule has 0 saturated heterocycles. The third-order valence-electron chi connectivity index (χ3n) is 2.57. The Morgan fingerprint density at radius 3 is 2.95 bits per heavy atom. The van der Waals surface area contributed by atoms with Gasteiger partial charge in [0.05, 0.1) is 17.3 Å². The first kappa shape index (κ1) is 13.3. The Hall–Kier alpha value is -2.12. The molecule has 0 aliphatic rings. The van der Waals surface area contributed by atoms with Crippen molar-refractivity contribution in [1.82, 2.24) is 20.5 Å². The predicted octanol–water partition coefficient (Wildman–Crippen LogP) is 1.23. The van der Waals surface area contributed by atoms with E-state index in [4.69, 9.17) is 17.4 Å². The number of carbonyl (C=O) groups excluding carboxylic acids is 1. The number of hydrogen-bond donors (Lipinski definition) is 4. The molecule has 1 amide bonds. The number of nitrogens with zero attached hydrogens (tertiary/aromatic N) is 2. The van der Waals surface area contributed by atoms with Crippen LogP contribution in [0.2, 0.25) is 5.02 Å². The lowest BCUT2D eigenvalue weighted by molar-refractivity contribution is 0.0939. The van der Waals surface area contributed by atoms with Crippen molar-refractivity contribution < 1.29 is 4.79 Å². The number of benzene rings is 1. The Kier molecular flexibility index (Phi) is 3.98. The van der Waals surface area contributed by atoms with Crippen LogP contribution in [0, 0.1) is 0 Å². The van der Waals surface area contributed by atoms with Gasteiger partial charge >= 0.3 is 0 Å². The highest BCUT2D eigenvalue weighted by Gasteiger charge is 2.16. The number of anilines is 1. The third kappa shape index (κ3) is 3.01. The molecule has 1 unspecified atom stereocenters. The van der Waals surface area contributed by atoms with Crippen molar-refractivity contribution in [2.24, 2.45) is 5.84 Å². The molecule has 1 aromatic carbocycles.